The van der Waals surface area contributed by atoms with Crippen molar-refractivity contribution in [2.45, 2.75) is 32.8 Å². The fourth-order valence-electron chi connectivity index (χ4n) is 2.56. The average molecular weight is 353 g/mol. The molecule has 1 aromatic rings. The van der Waals surface area contributed by atoms with Gasteiger partial charge in [-0.2, -0.15) is 0 Å². The number of ether oxygens (including phenoxy) is 1. The number of anilines is 1. The molecule has 1 N–H and O–H groups in total. The number of esters is 1. The molecule has 1 saturated heterocycles. The Labute approximate surface area is 146 Å². The third kappa shape index (κ3) is 4.96. The van der Waals surface area contributed by atoms with Crippen LogP contribution in [0.4, 0.5) is 5.69 Å². The van der Waals surface area contributed by atoms with Crippen LogP contribution >= 0.6 is 11.6 Å². The van der Waals surface area contributed by atoms with E-state index < -0.39 is 18.0 Å². The van der Waals surface area contributed by atoms with Gasteiger partial charge in [0.05, 0.1) is 5.92 Å². The zero-order valence-corrected chi connectivity index (χ0v) is 14.5. The topological polar surface area (TPSA) is 75.7 Å². The van der Waals surface area contributed by atoms with Gasteiger partial charge in [0.1, 0.15) is 0 Å². The molecular weight excluding hydrogens is 332 g/mol. The van der Waals surface area contributed by atoms with Gasteiger partial charge in [-0.05, 0) is 44.0 Å². The smallest absolute Gasteiger partial charge is 0.311 e. The van der Waals surface area contributed by atoms with E-state index >= 15 is 0 Å². The molecule has 2 amide bonds. The molecule has 130 valence electrons. The van der Waals surface area contributed by atoms with E-state index in [0.29, 0.717) is 30.2 Å². The third-order valence-corrected chi connectivity index (χ3v) is 4.23. The number of hydrogen-bond acceptors (Lipinski definition) is 4. The van der Waals surface area contributed by atoms with E-state index in [1.165, 1.54) is 13.8 Å². The Hall–Kier alpha value is -2.08. The first-order chi connectivity index (χ1) is 11.4. The maximum atomic E-state index is 12.2. The molecule has 1 heterocycles. The summed E-state index contributed by atoms with van der Waals surface area (Å²) in [5, 5.41) is 3.23. The molecule has 0 radical (unpaired) electrons. The van der Waals surface area contributed by atoms with Crippen molar-refractivity contribution in [2.75, 3.05) is 18.4 Å². The number of amides is 2. The number of carbonyl (C=O) groups excluding carboxylic acids is 3. The lowest BCUT2D eigenvalue weighted by molar-refractivity contribution is -0.159. The van der Waals surface area contributed by atoms with E-state index in [1.54, 1.807) is 29.2 Å². The Morgan fingerprint density at radius 3 is 2.58 bits per heavy atom. The lowest BCUT2D eigenvalue weighted by Gasteiger charge is -2.31. The molecule has 0 spiro atoms. The summed E-state index contributed by atoms with van der Waals surface area (Å²) in [5.74, 6) is -1.29. The largest absolute Gasteiger partial charge is 0.452 e. The highest BCUT2D eigenvalue weighted by atomic mass is 35.5. The number of nitrogens with one attached hydrogen (secondary N) is 1. The molecule has 1 aliphatic rings. The Balaban J connectivity index is 1.87. The minimum absolute atomic E-state index is 0.0546. The highest BCUT2D eigenvalue weighted by Crippen LogP contribution is 2.19. The quantitative estimate of drug-likeness (QED) is 0.844. The van der Waals surface area contributed by atoms with Crippen molar-refractivity contribution in [1.82, 2.24) is 4.90 Å². The molecule has 2 atom stereocenters. The van der Waals surface area contributed by atoms with Crippen LogP contribution in [0.1, 0.15) is 26.7 Å². The van der Waals surface area contributed by atoms with Crippen molar-refractivity contribution < 1.29 is 19.1 Å². The van der Waals surface area contributed by atoms with Gasteiger partial charge < -0.3 is 15.0 Å². The van der Waals surface area contributed by atoms with Gasteiger partial charge in [0, 0.05) is 30.7 Å². The number of benzene rings is 1. The van der Waals surface area contributed by atoms with E-state index in [9.17, 15) is 14.4 Å². The van der Waals surface area contributed by atoms with Crippen molar-refractivity contribution in [1.29, 1.82) is 0 Å². The second-order valence-electron chi connectivity index (χ2n) is 5.88. The highest BCUT2D eigenvalue weighted by Gasteiger charge is 2.30. The summed E-state index contributed by atoms with van der Waals surface area (Å²) in [6.45, 7) is 4.01. The number of carbonyl (C=O) groups is 3. The maximum Gasteiger partial charge on any atom is 0.311 e. The Morgan fingerprint density at radius 1 is 1.29 bits per heavy atom. The van der Waals surface area contributed by atoms with Crippen LogP contribution in [0, 0.1) is 5.92 Å². The molecule has 0 bridgehead atoms. The molecule has 24 heavy (non-hydrogen) atoms. The van der Waals surface area contributed by atoms with E-state index in [2.05, 4.69) is 5.32 Å². The van der Waals surface area contributed by atoms with Crippen LogP contribution in [0.15, 0.2) is 24.3 Å². The molecule has 1 aromatic carbocycles. The molecular formula is C17H21ClN2O4. The minimum Gasteiger partial charge on any atom is -0.452 e. The van der Waals surface area contributed by atoms with E-state index in [0.717, 1.165) is 6.42 Å². The fraction of sp³-hybridized carbons (Fsp3) is 0.471. The summed E-state index contributed by atoms with van der Waals surface area (Å²) in [7, 11) is 0. The summed E-state index contributed by atoms with van der Waals surface area (Å²) >= 11 is 5.79. The first kappa shape index (κ1) is 18.3. The van der Waals surface area contributed by atoms with E-state index in [-0.39, 0.29) is 11.8 Å². The molecule has 1 fully saturated rings. The summed E-state index contributed by atoms with van der Waals surface area (Å²) in [5.41, 5.74) is 0.577. The van der Waals surface area contributed by atoms with Crippen LogP contribution in [0.25, 0.3) is 0 Å². The van der Waals surface area contributed by atoms with Gasteiger partial charge in [-0.15, -0.1) is 0 Å². The van der Waals surface area contributed by atoms with Crippen molar-refractivity contribution in [3.63, 3.8) is 0 Å². The second-order valence-corrected chi connectivity index (χ2v) is 6.32. The van der Waals surface area contributed by atoms with Crippen LogP contribution in [0.2, 0.25) is 5.02 Å². The number of halogens is 1. The van der Waals surface area contributed by atoms with Gasteiger partial charge in [0.2, 0.25) is 5.91 Å². The van der Waals surface area contributed by atoms with E-state index in [4.69, 9.17) is 16.3 Å². The third-order valence-electron chi connectivity index (χ3n) is 3.97. The molecule has 1 aliphatic heterocycles. The minimum atomic E-state index is -0.916. The van der Waals surface area contributed by atoms with Gasteiger partial charge in [-0.25, -0.2) is 0 Å². The molecule has 6 nitrogen and oxygen atoms in total. The van der Waals surface area contributed by atoms with Crippen molar-refractivity contribution >= 4 is 35.1 Å². The van der Waals surface area contributed by atoms with Crippen LogP contribution in [0.3, 0.4) is 0 Å². The molecule has 0 unspecified atom stereocenters. The van der Waals surface area contributed by atoms with Crippen LogP contribution in [-0.2, 0) is 19.1 Å². The van der Waals surface area contributed by atoms with Gasteiger partial charge in [0.25, 0.3) is 5.91 Å². The predicted octanol–water partition coefficient (Wildman–Crippen LogP) is 2.47. The van der Waals surface area contributed by atoms with Crippen molar-refractivity contribution in [3.8, 4) is 0 Å². The average Bonchev–Trinajstić information content (AvgIpc) is 2.56. The Bertz CT molecular complexity index is 618. The number of hydrogen-bond donors (Lipinski definition) is 1. The van der Waals surface area contributed by atoms with Crippen molar-refractivity contribution in [3.05, 3.63) is 29.3 Å². The number of rotatable bonds is 4. The first-order valence-electron chi connectivity index (χ1n) is 7.89. The standard InChI is InChI=1S/C17H21ClN2O4/c1-11(16(22)19-15-7-5-14(18)6-8-15)24-17(23)13-4-3-9-20(10-13)12(2)21/h5-8,11,13H,3-4,9-10H2,1-2H3,(H,19,22)/t11-,13+/m0/s1. The first-order valence-corrected chi connectivity index (χ1v) is 8.27. The number of likely N-dealkylation sites (tertiary alicyclic amines) is 1. The Kier molecular flexibility index (Phi) is 6.20. The molecule has 2 rings (SSSR count). The molecule has 7 heteroatoms. The summed E-state index contributed by atoms with van der Waals surface area (Å²) in [6.07, 6.45) is 0.500. The van der Waals surface area contributed by atoms with Crippen molar-refractivity contribution in [2.24, 2.45) is 5.92 Å². The van der Waals surface area contributed by atoms with Gasteiger partial charge in [-0.3, -0.25) is 14.4 Å². The monoisotopic (exact) mass is 352 g/mol. The number of nitrogens with zero attached hydrogens (tertiary/aromatic N) is 1. The summed E-state index contributed by atoms with van der Waals surface area (Å²) < 4.78 is 5.26. The highest BCUT2D eigenvalue weighted by molar-refractivity contribution is 6.30. The molecule has 0 aromatic heterocycles. The van der Waals surface area contributed by atoms with Crippen LogP contribution in [-0.4, -0.2) is 41.9 Å². The van der Waals surface area contributed by atoms with E-state index in [1.807, 2.05) is 0 Å². The predicted molar refractivity (Wildman–Crippen MR) is 90.6 cm³/mol. The zero-order valence-electron chi connectivity index (χ0n) is 13.8. The second kappa shape index (κ2) is 8.15. The van der Waals surface area contributed by atoms with Crippen LogP contribution < -0.4 is 5.32 Å². The summed E-state index contributed by atoms with van der Waals surface area (Å²) in [6, 6.07) is 6.65. The SMILES string of the molecule is CC(=O)N1CCC[C@@H](C(=O)O[C@@H](C)C(=O)Nc2ccc(Cl)cc2)C1. The summed E-state index contributed by atoms with van der Waals surface area (Å²) in [4.78, 5) is 37.4. The van der Waals surface area contributed by atoms with Gasteiger partial charge in [0.15, 0.2) is 6.10 Å². The van der Waals surface area contributed by atoms with Crippen LogP contribution in [0.5, 0.6) is 0 Å². The number of piperidine rings is 1. The Morgan fingerprint density at radius 2 is 1.96 bits per heavy atom. The fourth-order valence-corrected chi connectivity index (χ4v) is 2.68. The zero-order chi connectivity index (χ0) is 17.7. The van der Waals surface area contributed by atoms with Gasteiger partial charge in [-0.1, -0.05) is 11.6 Å². The van der Waals surface area contributed by atoms with Gasteiger partial charge >= 0.3 is 5.97 Å². The molecule has 0 aliphatic carbocycles. The lowest BCUT2D eigenvalue weighted by Crippen LogP contribution is -2.43. The normalized spacial score (nSPS) is 18.6. The molecule has 0 saturated carbocycles. The maximum absolute atomic E-state index is 12.2. The lowest BCUT2D eigenvalue weighted by atomic mass is 9.98.